The molecule has 3 aromatic rings. The van der Waals surface area contributed by atoms with Crippen molar-refractivity contribution in [1.29, 1.82) is 0 Å². The Bertz CT molecular complexity index is 964. The minimum atomic E-state index is -0.0997. The first-order valence-corrected chi connectivity index (χ1v) is 10.7. The molecule has 8 heteroatoms. The predicted octanol–water partition coefficient (Wildman–Crippen LogP) is 4.16. The highest BCUT2D eigenvalue weighted by Gasteiger charge is 2.25. The summed E-state index contributed by atoms with van der Waals surface area (Å²) in [7, 11) is 1.87. The summed E-state index contributed by atoms with van der Waals surface area (Å²) in [5.74, 6) is 0. The van der Waals surface area contributed by atoms with Gasteiger partial charge in [-0.25, -0.2) is 14.8 Å². The van der Waals surface area contributed by atoms with Gasteiger partial charge in [-0.05, 0) is 49.2 Å². The summed E-state index contributed by atoms with van der Waals surface area (Å²) in [4.78, 5) is 29.7. The van der Waals surface area contributed by atoms with Crippen molar-refractivity contribution < 1.29 is 4.79 Å². The van der Waals surface area contributed by atoms with Crippen LogP contribution in [0.1, 0.15) is 12.8 Å². The summed E-state index contributed by atoms with van der Waals surface area (Å²) in [5, 5.41) is 4.66. The number of hydrogen-bond acceptors (Lipinski definition) is 6. The molecular weight excluding hydrogens is 396 g/mol. The number of hydrogen-bond donors (Lipinski definition) is 1. The number of amides is 2. The molecule has 1 aliphatic rings. The summed E-state index contributed by atoms with van der Waals surface area (Å²) in [5.41, 5.74) is 1.92. The highest BCUT2D eigenvalue weighted by atomic mass is 32.2. The van der Waals surface area contributed by atoms with E-state index in [1.54, 1.807) is 18.5 Å². The highest BCUT2D eigenvalue weighted by Crippen LogP contribution is 2.26. The van der Waals surface area contributed by atoms with Crippen molar-refractivity contribution in [3.63, 3.8) is 0 Å². The molecule has 154 valence electrons. The summed E-state index contributed by atoms with van der Waals surface area (Å²) in [6, 6.07) is 13.6. The van der Waals surface area contributed by atoms with Gasteiger partial charge in [0, 0.05) is 62.3 Å². The van der Waals surface area contributed by atoms with Gasteiger partial charge in [-0.1, -0.05) is 17.8 Å². The van der Waals surface area contributed by atoms with Crippen LogP contribution in [0.2, 0.25) is 0 Å². The Morgan fingerprint density at radius 3 is 2.53 bits per heavy atom. The normalized spacial score (nSPS) is 14.4. The number of nitrogens with one attached hydrogen (secondary N) is 1. The molecule has 0 aliphatic carbocycles. The van der Waals surface area contributed by atoms with E-state index < -0.39 is 0 Å². The van der Waals surface area contributed by atoms with Gasteiger partial charge in [0.05, 0.1) is 0 Å². The molecule has 1 fully saturated rings. The van der Waals surface area contributed by atoms with E-state index in [4.69, 9.17) is 0 Å². The van der Waals surface area contributed by atoms with Crippen LogP contribution in [0.4, 0.5) is 16.2 Å². The van der Waals surface area contributed by atoms with Gasteiger partial charge in [0.1, 0.15) is 10.1 Å². The van der Waals surface area contributed by atoms with Gasteiger partial charge in [0.25, 0.3) is 0 Å². The Hall–Kier alpha value is -3.13. The molecule has 4 rings (SSSR count). The minimum Gasteiger partial charge on any atom is -0.371 e. The second-order valence-electron chi connectivity index (χ2n) is 7.12. The van der Waals surface area contributed by atoms with Crippen molar-refractivity contribution in [1.82, 2.24) is 19.9 Å². The molecule has 2 amide bonds. The number of carbonyl (C=O) groups excluding carboxylic acids is 1. The fraction of sp³-hybridized carbons (Fsp3) is 0.273. The molecule has 1 N–H and O–H groups in total. The molecule has 0 aromatic carbocycles. The molecule has 1 aliphatic heterocycles. The van der Waals surface area contributed by atoms with Crippen LogP contribution < -0.4 is 10.2 Å². The van der Waals surface area contributed by atoms with E-state index in [9.17, 15) is 4.79 Å². The molecule has 0 unspecified atom stereocenters. The standard InChI is InChI=1S/C22H24N6OS/c1-27(18-8-14-28(15-9-18)19-6-11-23-12-7-19)22(29)26-17-5-13-25-21(16-17)30-20-4-2-3-10-24-20/h2-7,10-13,16,18H,8-9,14-15H2,1H3,(H,25,26,29). The van der Waals surface area contributed by atoms with E-state index in [1.807, 2.05) is 60.7 Å². The van der Waals surface area contributed by atoms with Crippen molar-refractivity contribution in [2.75, 3.05) is 30.4 Å². The molecule has 30 heavy (non-hydrogen) atoms. The number of anilines is 2. The molecule has 0 saturated carbocycles. The molecular formula is C22H24N6OS. The average Bonchev–Trinajstić information content (AvgIpc) is 2.80. The number of urea groups is 1. The van der Waals surface area contributed by atoms with E-state index in [2.05, 4.69) is 25.2 Å². The van der Waals surface area contributed by atoms with Gasteiger partial charge < -0.3 is 15.1 Å². The summed E-state index contributed by atoms with van der Waals surface area (Å²) >= 11 is 1.47. The molecule has 7 nitrogen and oxygen atoms in total. The Morgan fingerprint density at radius 1 is 1.03 bits per heavy atom. The van der Waals surface area contributed by atoms with Crippen LogP contribution in [0.5, 0.6) is 0 Å². The van der Waals surface area contributed by atoms with E-state index in [-0.39, 0.29) is 12.1 Å². The molecule has 3 aromatic heterocycles. The van der Waals surface area contributed by atoms with Crippen molar-refractivity contribution in [2.45, 2.75) is 28.9 Å². The zero-order chi connectivity index (χ0) is 20.8. The largest absolute Gasteiger partial charge is 0.371 e. The Balaban J connectivity index is 1.32. The second-order valence-corrected chi connectivity index (χ2v) is 8.16. The van der Waals surface area contributed by atoms with Crippen molar-refractivity contribution in [2.24, 2.45) is 0 Å². The van der Waals surface area contributed by atoms with E-state index >= 15 is 0 Å². The van der Waals surface area contributed by atoms with Gasteiger partial charge in [0.2, 0.25) is 0 Å². The van der Waals surface area contributed by atoms with Crippen LogP contribution in [0.3, 0.4) is 0 Å². The number of piperidine rings is 1. The number of aromatic nitrogens is 3. The second kappa shape index (κ2) is 9.58. The third-order valence-electron chi connectivity index (χ3n) is 5.19. The maximum atomic E-state index is 12.8. The number of pyridine rings is 3. The monoisotopic (exact) mass is 420 g/mol. The summed E-state index contributed by atoms with van der Waals surface area (Å²) in [6.07, 6.45) is 8.95. The van der Waals surface area contributed by atoms with Gasteiger partial charge >= 0.3 is 6.03 Å². The van der Waals surface area contributed by atoms with Crippen molar-refractivity contribution in [3.8, 4) is 0 Å². The van der Waals surface area contributed by atoms with Crippen LogP contribution in [0.25, 0.3) is 0 Å². The number of rotatable bonds is 5. The van der Waals surface area contributed by atoms with Crippen molar-refractivity contribution in [3.05, 3.63) is 67.3 Å². The molecule has 0 bridgehead atoms. The van der Waals surface area contributed by atoms with Crippen LogP contribution in [-0.4, -0.2) is 52.1 Å². The smallest absolute Gasteiger partial charge is 0.321 e. The Labute approximate surface area is 180 Å². The molecule has 0 radical (unpaired) electrons. The maximum Gasteiger partial charge on any atom is 0.321 e. The molecule has 0 spiro atoms. The van der Waals surface area contributed by atoms with Crippen LogP contribution in [0.15, 0.2) is 77.3 Å². The number of nitrogens with zero attached hydrogens (tertiary/aromatic N) is 5. The Morgan fingerprint density at radius 2 is 1.80 bits per heavy atom. The predicted molar refractivity (Wildman–Crippen MR) is 119 cm³/mol. The van der Waals surface area contributed by atoms with Gasteiger partial charge in [-0.3, -0.25) is 4.98 Å². The number of carbonyl (C=O) groups is 1. The molecule has 4 heterocycles. The summed E-state index contributed by atoms with van der Waals surface area (Å²) < 4.78 is 0. The Kier molecular flexibility index (Phi) is 6.44. The lowest BCUT2D eigenvalue weighted by Gasteiger charge is -2.37. The summed E-state index contributed by atoms with van der Waals surface area (Å²) in [6.45, 7) is 1.85. The van der Waals surface area contributed by atoms with Gasteiger partial charge in [-0.2, -0.15) is 0 Å². The quantitative estimate of drug-likeness (QED) is 0.668. The first kappa shape index (κ1) is 20.2. The molecule has 1 saturated heterocycles. The fourth-order valence-corrected chi connectivity index (χ4v) is 4.28. The third-order valence-corrected chi connectivity index (χ3v) is 6.08. The first-order chi connectivity index (χ1) is 14.7. The highest BCUT2D eigenvalue weighted by molar-refractivity contribution is 7.99. The van der Waals surface area contributed by atoms with Gasteiger partial charge in [0.15, 0.2) is 0 Å². The minimum absolute atomic E-state index is 0.0997. The average molecular weight is 421 g/mol. The zero-order valence-corrected chi connectivity index (χ0v) is 17.6. The topological polar surface area (TPSA) is 74.2 Å². The first-order valence-electron chi connectivity index (χ1n) is 9.93. The lowest BCUT2D eigenvalue weighted by Crippen LogP contribution is -2.47. The van der Waals surface area contributed by atoms with Crippen LogP contribution in [-0.2, 0) is 0 Å². The van der Waals surface area contributed by atoms with E-state index in [0.29, 0.717) is 0 Å². The lowest BCUT2D eigenvalue weighted by atomic mass is 10.0. The van der Waals surface area contributed by atoms with Crippen LogP contribution in [0, 0.1) is 0 Å². The van der Waals surface area contributed by atoms with E-state index in [1.165, 1.54) is 17.4 Å². The zero-order valence-electron chi connectivity index (χ0n) is 16.8. The van der Waals surface area contributed by atoms with Crippen LogP contribution >= 0.6 is 11.8 Å². The molecule has 0 atom stereocenters. The van der Waals surface area contributed by atoms with Gasteiger partial charge in [-0.15, -0.1) is 0 Å². The lowest BCUT2D eigenvalue weighted by molar-refractivity contribution is 0.193. The third kappa shape index (κ3) is 5.07. The van der Waals surface area contributed by atoms with E-state index in [0.717, 1.165) is 41.7 Å². The SMILES string of the molecule is CN(C(=O)Nc1ccnc(Sc2ccccn2)c1)C1CCN(c2ccncc2)CC1. The van der Waals surface area contributed by atoms with Crippen molar-refractivity contribution >= 4 is 29.2 Å². The maximum absolute atomic E-state index is 12.8. The fourth-order valence-electron chi connectivity index (χ4n) is 3.50.